The van der Waals surface area contributed by atoms with E-state index in [4.69, 9.17) is 15.6 Å². The molecule has 1 aromatic carbocycles. The number of unbranched alkanes of at least 4 members (excludes halogenated alkanes) is 5. The van der Waals surface area contributed by atoms with E-state index >= 15 is 0 Å². The third-order valence-corrected chi connectivity index (χ3v) is 5.17. The van der Waals surface area contributed by atoms with E-state index in [1.54, 1.807) is 18.2 Å². The largest absolute Gasteiger partial charge is 0.493 e. The van der Waals surface area contributed by atoms with Gasteiger partial charge < -0.3 is 15.6 Å². The van der Waals surface area contributed by atoms with E-state index < -0.39 is 9.84 Å². The predicted molar refractivity (Wildman–Crippen MR) is 94.3 cm³/mol. The number of benzene rings is 1. The lowest BCUT2D eigenvalue weighted by Crippen LogP contribution is -2.13. The highest BCUT2D eigenvalue weighted by molar-refractivity contribution is 7.90. The van der Waals surface area contributed by atoms with Crippen molar-refractivity contribution < 1.29 is 18.3 Å². The van der Waals surface area contributed by atoms with Crippen LogP contribution in [0.3, 0.4) is 0 Å². The average Bonchev–Trinajstić information content (AvgIpc) is 2.47. The van der Waals surface area contributed by atoms with Gasteiger partial charge in [-0.25, -0.2) is 8.42 Å². The Balaban J connectivity index is 2.54. The molecule has 0 aliphatic rings. The normalized spacial score (nSPS) is 11.6. The van der Waals surface area contributed by atoms with Gasteiger partial charge in [-0.1, -0.05) is 39.0 Å². The molecule has 0 bridgehead atoms. The molecule has 0 saturated carbocycles. The molecule has 0 aromatic heterocycles. The Morgan fingerprint density at radius 2 is 1.83 bits per heavy atom. The van der Waals surface area contributed by atoms with Crippen LogP contribution in [0.4, 0.5) is 5.69 Å². The molecule has 0 saturated heterocycles. The zero-order valence-electron chi connectivity index (χ0n) is 14.0. The van der Waals surface area contributed by atoms with Crippen LogP contribution in [-0.4, -0.2) is 32.5 Å². The van der Waals surface area contributed by atoms with Gasteiger partial charge in [-0.05, 0) is 24.6 Å². The number of sulfone groups is 1. The van der Waals surface area contributed by atoms with Crippen molar-refractivity contribution in [3.05, 3.63) is 23.8 Å². The van der Waals surface area contributed by atoms with Crippen LogP contribution in [0.25, 0.3) is 0 Å². The highest BCUT2D eigenvalue weighted by atomic mass is 32.2. The van der Waals surface area contributed by atoms with Gasteiger partial charge in [0.1, 0.15) is 5.75 Å². The first-order valence-corrected chi connectivity index (χ1v) is 10.1. The first kappa shape index (κ1) is 19.8. The van der Waals surface area contributed by atoms with Crippen molar-refractivity contribution in [1.29, 1.82) is 0 Å². The van der Waals surface area contributed by atoms with Crippen LogP contribution in [0.15, 0.2) is 18.2 Å². The Labute approximate surface area is 139 Å². The number of nitrogens with two attached hydrogens (primary N) is 1. The van der Waals surface area contributed by atoms with Crippen LogP contribution >= 0.6 is 0 Å². The van der Waals surface area contributed by atoms with E-state index in [0.29, 0.717) is 23.6 Å². The smallest absolute Gasteiger partial charge is 0.156 e. The summed E-state index contributed by atoms with van der Waals surface area (Å²) in [6.07, 6.45) is 7.03. The van der Waals surface area contributed by atoms with Crippen molar-refractivity contribution in [2.75, 3.05) is 24.7 Å². The second kappa shape index (κ2) is 10.5. The molecule has 0 heterocycles. The lowest BCUT2D eigenvalue weighted by molar-refractivity contribution is 0.302. The first-order valence-electron chi connectivity index (χ1n) is 8.31. The Kier molecular flexibility index (Phi) is 9.02. The molecule has 0 aliphatic heterocycles. The molecule has 0 radical (unpaired) electrons. The molecule has 1 aromatic rings. The highest BCUT2D eigenvalue weighted by Gasteiger charge is 2.15. The summed E-state index contributed by atoms with van der Waals surface area (Å²) in [5.74, 6) is 0.151. The lowest BCUT2D eigenvalue weighted by atomic mass is 10.1. The van der Waals surface area contributed by atoms with Gasteiger partial charge in [0.15, 0.2) is 9.84 Å². The zero-order valence-corrected chi connectivity index (χ0v) is 14.8. The summed E-state index contributed by atoms with van der Waals surface area (Å²) in [6, 6.07) is 5.06. The van der Waals surface area contributed by atoms with Crippen molar-refractivity contribution in [2.24, 2.45) is 0 Å². The van der Waals surface area contributed by atoms with Crippen molar-refractivity contribution in [3.8, 4) is 5.75 Å². The summed E-state index contributed by atoms with van der Waals surface area (Å²) >= 11 is 0. The van der Waals surface area contributed by atoms with Gasteiger partial charge in [-0.3, -0.25) is 0 Å². The van der Waals surface area contributed by atoms with E-state index in [1.165, 1.54) is 25.7 Å². The Morgan fingerprint density at radius 1 is 1.13 bits per heavy atom. The third-order valence-electron chi connectivity index (χ3n) is 3.62. The Morgan fingerprint density at radius 3 is 2.52 bits per heavy atom. The summed E-state index contributed by atoms with van der Waals surface area (Å²) < 4.78 is 29.5. The van der Waals surface area contributed by atoms with Crippen molar-refractivity contribution in [1.82, 2.24) is 0 Å². The molecule has 0 amide bonds. The quantitative estimate of drug-likeness (QED) is 0.450. The van der Waals surface area contributed by atoms with Gasteiger partial charge >= 0.3 is 0 Å². The summed E-state index contributed by atoms with van der Waals surface area (Å²) in [4.78, 5) is 0. The van der Waals surface area contributed by atoms with E-state index in [9.17, 15) is 8.42 Å². The van der Waals surface area contributed by atoms with Gasteiger partial charge in [-0.15, -0.1) is 0 Å². The highest BCUT2D eigenvalue weighted by Crippen LogP contribution is 2.24. The number of anilines is 1. The molecule has 0 fully saturated rings. The standard InChI is InChI=1S/C17H29NO4S/c1-2-3-4-5-6-7-11-22-17-9-8-16(18)13-15(17)14-23(20,21)12-10-19/h8-9,13,19H,2-7,10-12,14,18H2,1H3. The first-order chi connectivity index (χ1) is 11.0. The van der Waals surface area contributed by atoms with Gasteiger partial charge in [0.05, 0.1) is 24.7 Å². The fraction of sp³-hybridized carbons (Fsp3) is 0.647. The summed E-state index contributed by atoms with van der Waals surface area (Å²) in [5.41, 5.74) is 6.81. The molecule has 3 N–H and O–H groups in total. The number of hydrogen-bond acceptors (Lipinski definition) is 5. The SMILES string of the molecule is CCCCCCCCOc1ccc(N)cc1CS(=O)(=O)CCO. The number of aliphatic hydroxyl groups excluding tert-OH is 1. The van der Waals surface area contributed by atoms with Gasteiger partial charge in [-0.2, -0.15) is 0 Å². The minimum absolute atomic E-state index is 0.162. The van der Waals surface area contributed by atoms with Crippen molar-refractivity contribution >= 4 is 15.5 Å². The second-order valence-electron chi connectivity index (χ2n) is 5.80. The fourth-order valence-corrected chi connectivity index (χ4v) is 3.49. The molecular formula is C17H29NO4S. The molecule has 132 valence electrons. The maximum absolute atomic E-state index is 11.9. The molecule has 0 unspecified atom stereocenters. The molecule has 0 spiro atoms. The number of nitrogen functional groups attached to an aromatic ring is 1. The minimum Gasteiger partial charge on any atom is -0.493 e. The van der Waals surface area contributed by atoms with E-state index in [0.717, 1.165) is 12.8 Å². The monoisotopic (exact) mass is 343 g/mol. The van der Waals surface area contributed by atoms with Crippen LogP contribution in [0, 0.1) is 0 Å². The van der Waals surface area contributed by atoms with Crippen molar-refractivity contribution in [2.45, 2.75) is 51.2 Å². The molecule has 23 heavy (non-hydrogen) atoms. The van der Waals surface area contributed by atoms with Crippen LogP contribution in [0.2, 0.25) is 0 Å². The van der Waals surface area contributed by atoms with E-state index in [2.05, 4.69) is 6.92 Å². The number of ether oxygens (including phenoxy) is 1. The van der Waals surface area contributed by atoms with E-state index in [-0.39, 0.29) is 18.1 Å². The molecule has 6 heteroatoms. The van der Waals surface area contributed by atoms with Crippen LogP contribution in [0.5, 0.6) is 5.75 Å². The molecule has 0 aliphatic carbocycles. The van der Waals surface area contributed by atoms with Crippen LogP contribution in [0.1, 0.15) is 51.0 Å². The topological polar surface area (TPSA) is 89.6 Å². The van der Waals surface area contributed by atoms with Gasteiger partial charge in [0, 0.05) is 11.3 Å². The maximum atomic E-state index is 11.9. The molecule has 0 atom stereocenters. The molecule has 5 nitrogen and oxygen atoms in total. The minimum atomic E-state index is -3.36. The number of hydrogen-bond donors (Lipinski definition) is 2. The van der Waals surface area contributed by atoms with Crippen LogP contribution in [-0.2, 0) is 15.6 Å². The average molecular weight is 343 g/mol. The summed E-state index contributed by atoms with van der Waals surface area (Å²) in [5, 5.41) is 8.83. The maximum Gasteiger partial charge on any atom is 0.156 e. The number of rotatable bonds is 12. The summed E-state index contributed by atoms with van der Waals surface area (Å²) in [6.45, 7) is 2.39. The van der Waals surface area contributed by atoms with Gasteiger partial charge in [0.2, 0.25) is 0 Å². The second-order valence-corrected chi connectivity index (χ2v) is 7.98. The molecular weight excluding hydrogens is 314 g/mol. The number of aliphatic hydroxyl groups is 1. The Bertz CT molecular complexity index is 558. The van der Waals surface area contributed by atoms with Crippen LogP contribution < -0.4 is 10.5 Å². The third kappa shape index (κ3) is 8.23. The van der Waals surface area contributed by atoms with E-state index in [1.807, 2.05) is 0 Å². The fourth-order valence-electron chi connectivity index (χ4n) is 2.37. The Hall–Kier alpha value is -1.27. The predicted octanol–water partition coefficient (Wildman–Crippen LogP) is 2.92. The molecule has 1 rings (SSSR count). The van der Waals surface area contributed by atoms with Crippen molar-refractivity contribution in [3.63, 3.8) is 0 Å². The zero-order chi connectivity index (χ0) is 17.1. The van der Waals surface area contributed by atoms with Gasteiger partial charge in [0.25, 0.3) is 0 Å². The lowest BCUT2D eigenvalue weighted by Gasteiger charge is -2.12. The summed E-state index contributed by atoms with van der Waals surface area (Å²) in [7, 11) is -3.36.